The lowest BCUT2D eigenvalue weighted by atomic mass is 9.67. The lowest BCUT2D eigenvalue weighted by molar-refractivity contribution is 0.103. The molecule has 0 saturated carbocycles. The molecule has 326 valence electrons. The van der Waals surface area contributed by atoms with Crippen LogP contribution in [0.4, 0.5) is 26.3 Å². The van der Waals surface area contributed by atoms with Crippen molar-refractivity contribution in [2.24, 2.45) is 0 Å². The second-order valence-electron chi connectivity index (χ2n) is 14.3. The van der Waals surface area contributed by atoms with Gasteiger partial charge in [-0.05, 0) is 117 Å². The summed E-state index contributed by atoms with van der Waals surface area (Å²) in [5.41, 5.74) is 4.10. The quantitative estimate of drug-likeness (QED) is 0.0317. The second kappa shape index (κ2) is 19.9. The second-order valence-corrected chi connectivity index (χ2v) is 14.3. The maximum atomic E-state index is 13.9. The smallest absolute Gasteiger partial charge is 0.344 e. The highest BCUT2D eigenvalue weighted by molar-refractivity contribution is 6.07. The van der Waals surface area contributed by atoms with Gasteiger partial charge in [-0.3, -0.25) is 9.59 Å². The van der Waals surface area contributed by atoms with Crippen molar-refractivity contribution in [1.29, 1.82) is 0 Å². The fourth-order valence-electron chi connectivity index (χ4n) is 7.49. The number of benzene rings is 6. The highest BCUT2D eigenvalue weighted by Crippen LogP contribution is 2.57. The van der Waals surface area contributed by atoms with E-state index in [0.717, 1.165) is 11.1 Å². The number of ether oxygens (including phenoxy) is 4. The van der Waals surface area contributed by atoms with E-state index in [4.69, 9.17) is 18.9 Å². The van der Waals surface area contributed by atoms with E-state index in [2.05, 4.69) is 0 Å². The largest absolute Gasteiger partial charge is 0.497 e. The van der Waals surface area contributed by atoms with Gasteiger partial charge in [0.25, 0.3) is 0 Å². The summed E-state index contributed by atoms with van der Waals surface area (Å²) < 4.78 is 99.9. The average molecular weight is 883 g/mol. The van der Waals surface area contributed by atoms with Gasteiger partial charge < -0.3 is 18.9 Å². The number of methoxy groups -OCH3 is 2. The first-order valence-electron chi connectivity index (χ1n) is 19.7. The molecular weight excluding hydrogens is 847 g/mol. The summed E-state index contributed by atoms with van der Waals surface area (Å²) in [6.07, 6.45) is 7.72. The van der Waals surface area contributed by atoms with Crippen molar-refractivity contribution in [2.75, 3.05) is 14.2 Å². The average Bonchev–Trinajstić information content (AvgIpc) is 3.62. The summed E-state index contributed by atoms with van der Waals surface area (Å²) >= 11 is 0. The Balaban J connectivity index is 1.35. The van der Waals surface area contributed by atoms with Gasteiger partial charge in [-0.15, -0.1) is 0 Å². The van der Waals surface area contributed by atoms with Crippen molar-refractivity contribution in [3.05, 3.63) is 239 Å². The number of fused-ring (bicyclic) bond motifs is 3. The zero-order valence-electron chi connectivity index (χ0n) is 34.5. The Labute approximate surface area is 370 Å². The molecule has 0 N–H and O–H groups in total. The summed E-state index contributed by atoms with van der Waals surface area (Å²) in [6.45, 7) is 0. The molecule has 6 aromatic rings. The van der Waals surface area contributed by atoms with Crippen molar-refractivity contribution < 1.29 is 54.9 Å². The summed E-state index contributed by atoms with van der Waals surface area (Å²) in [5.74, 6) is 0.141. The van der Waals surface area contributed by atoms with Crippen LogP contribution in [-0.4, -0.2) is 25.8 Å². The molecule has 1 aliphatic rings. The molecule has 0 unspecified atom stereocenters. The topological polar surface area (TPSA) is 71.1 Å². The molecule has 0 heterocycles. The zero-order valence-corrected chi connectivity index (χ0v) is 34.5. The van der Waals surface area contributed by atoms with Crippen LogP contribution in [0.5, 0.6) is 23.0 Å². The molecule has 0 amide bonds. The van der Waals surface area contributed by atoms with Gasteiger partial charge in [0.05, 0.1) is 19.6 Å². The Kier molecular flexibility index (Phi) is 13.8. The molecule has 65 heavy (non-hydrogen) atoms. The van der Waals surface area contributed by atoms with Crippen LogP contribution in [0.2, 0.25) is 0 Å². The number of rotatable bonds is 16. The number of hydrogen-bond donors (Lipinski definition) is 0. The van der Waals surface area contributed by atoms with Crippen LogP contribution in [-0.2, 0) is 5.41 Å². The monoisotopic (exact) mass is 882 g/mol. The zero-order chi connectivity index (χ0) is 46.1. The summed E-state index contributed by atoms with van der Waals surface area (Å²) in [6, 6.07) is 31.9. The summed E-state index contributed by atoms with van der Waals surface area (Å²) in [4.78, 5) is 27.7. The van der Waals surface area contributed by atoms with Crippen molar-refractivity contribution in [1.82, 2.24) is 0 Å². The summed E-state index contributed by atoms with van der Waals surface area (Å²) in [7, 11) is 3.14. The van der Waals surface area contributed by atoms with Gasteiger partial charge in [-0.1, -0.05) is 109 Å². The molecule has 6 aromatic carbocycles. The van der Waals surface area contributed by atoms with E-state index >= 15 is 0 Å². The number of halogens is 6. The van der Waals surface area contributed by atoms with Crippen LogP contribution >= 0.6 is 0 Å². The van der Waals surface area contributed by atoms with Crippen LogP contribution in [0.3, 0.4) is 0 Å². The van der Waals surface area contributed by atoms with Crippen molar-refractivity contribution in [2.45, 2.75) is 5.41 Å². The first-order chi connectivity index (χ1) is 31.4. The molecule has 7 rings (SSSR count). The first-order valence-corrected chi connectivity index (χ1v) is 19.7. The number of allylic oxidation sites excluding steroid dienone is 6. The molecule has 0 aromatic heterocycles. The van der Waals surface area contributed by atoms with Crippen LogP contribution in [0.1, 0.15) is 54.1 Å². The Bertz CT molecular complexity index is 2700. The van der Waals surface area contributed by atoms with Crippen LogP contribution < -0.4 is 18.9 Å². The third-order valence-corrected chi connectivity index (χ3v) is 10.5. The maximum absolute atomic E-state index is 13.9. The van der Waals surface area contributed by atoms with E-state index in [1.807, 2.05) is 36.4 Å². The van der Waals surface area contributed by atoms with Gasteiger partial charge in [-0.2, -0.15) is 26.3 Å². The van der Waals surface area contributed by atoms with Crippen LogP contribution in [0.25, 0.3) is 23.3 Å². The molecule has 0 spiro atoms. The molecule has 0 radical (unpaired) electrons. The van der Waals surface area contributed by atoms with E-state index in [1.54, 1.807) is 99.2 Å². The fourth-order valence-corrected chi connectivity index (χ4v) is 7.49. The molecule has 0 fully saturated rings. The lowest BCUT2D eigenvalue weighted by Crippen LogP contribution is -2.29. The van der Waals surface area contributed by atoms with E-state index in [1.165, 1.54) is 60.7 Å². The number of hydrogen-bond acceptors (Lipinski definition) is 6. The van der Waals surface area contributed by atoms with E-state index in [-0.39, 0.29) is 34.2 Å². The minimum Gasteiger partial charge on any atom is -0.497 e. The Hall–Kier alpha value is -8.12. The molecule has 12 heteroatoms. The highest BCUT2D eigenvalue weighted by Gasteiger charge is 2.47. The molecule has 0 bridgehead atoms. The SMILES string of the molecule is COc1ccc(C=CC=CC(=O)c2ccc3c(c2)C(c2ccc(OC(F)=C(F)F)cc2)(c2ccc(OC(F)=C(F)F)cc2)c2cc(C(=O)C=CC=Cc4ccc(OC)cc4)ccc2-3)cc1. The standard InChI is InChI=1S/C53H36F6O6/c1-62-39-21-11-33(12-22-39)7-3-5-9-47(60)35-15-29-43-44-30-16-36(48(61)10-6-4-8-34-13-23-40(63-2)24-14-34)32-46(44)53(45(43)31-35,37-17-25-41(26-18-37)64-51(58)49(54)55)38-19-27-42(28-20-38)65-52(59)50(56)57/h3-32H,1-2H3. The fraction of sp³-hybridized carbons (Fsp3) is 0.0566. The van der Waals surface area contributed by atoms with Crippen LogP contribution in [0, 0.1) is 0 Å². The third-order valence-electron chi connectivity index (χ3n) is 10.5. The summed E-state index contributed by atoms with van der Waals surface area (Å²) in [5, 5.41) is 0. The Morgan fingerprint density at radius 2 is 0.800 bits per heavy atom. The Morgan fingerprint density at radius 3 is 1.14 bits per heavy atom. The molecule has 6 nitrogen and oxygen atoms in total. The maximum Gasteiger partial charge on any atom is 0.344 e. The minimum atomic E-state index is -2.66. The molecule has 0 aliphatic heterocycles. The van der Waals surface area contributed by atoms with E-state index in [9.17, 15) is 35.9 Å². The van der Waals surface area contributed by atoms with Gasteiger partial charge in [-0.25, -0.2) is 0 Å². The van der Waals surface area contributed by atoms with Gasteiger partial charge in [0.1, 0.15) is 23.0 Å². The van der Waals surface area contributed by atoms with Gasteiger partial charge in [0.2, 0.25) is 0 Å². The normalized spacial score (nSPS) is 12.6. The predicted molar refractivity (Wildman–Crippen MR) is 237 cm³/mol. The molecule has 1 aliphatic carbocycles. The number of carbonyl (C=O) groups is 2. The minimum absolute atomic E-state index is 0.263. The number of carbonyl (C=O) groups excluding carboxylic acids is 2. The predicted octanol–water partition coefficient (Wildman–Crippen LogP) is 13.8. The molecule has 0 atom stereocenters. The van der Waals surface area contributed by atoms with E-state index < -0.39 is 29.6 Å². The lowest BCUT2D eigenvalue weighted by Gasteiger charge is -2.34. The molecular formula is C53H36F6O6. The van der Waals surface area contributed by atoms with Crippen molar-refractivity contribution in [3.63, 3.8) is 0 Å². The van der Waals surface area contributed by atoms with Gasteiger partial charge in [0.15, 0.2) is 11.6 Å². The highest BCUT2D eigenvalue weighted by atomic mass is 19.3. The van der Waals surface area contributed by atoms with E-state index in [0.29, 0.717) is 44.9 Å². The van der Waals surface area contributed by atoms with Crippen molar-refractivity contribution >= 4 is 23.7 Å². The first kappa shape index (κ1) is 44.9. The number of ketones is 2. The van der Waals surface area contributed by atoms with Crippen molar-refractivity contribution in [3.8, 4) is 34.1 Å². The van der Waals surface area contributed by atoms with Gasteiger partial charge in [0, 0.05) is 11.1 Å². The van der Waals surface area contributed by atoms with Crippen LogP contribution in [0.15, 0.2) is 194 Å². The Morgan fingerprint density at radius 1 is 0.446 bits per heavy atom. The molecule has 0 saturated heterocycles. The third kappa shape index (κ3) is 9.92. The van der Waals surface area contributed by atoms with Gasteiger partial charge >= 0.3 is 24.2 Å².